The van der Waals surface area contributed by atoms with E-state index in [0.29, 0.717) is 23.0 Å². The molecule has 0 N–H and O–H groups in total. The Bertz CT molecular complexity index is 1060. The average Bonchev–Trinajstić information content (AvgIpc) is 3.39. The van der Waals surface area contributed by atoms with E-state index in [9.17, 15) is 18.0 Å². The summed E-state index contributed by atoms with van der Waals surface area (Å²) in [5, 5.41) is 0.413. The van der Waals surface area contributed by atoms with Crippen molar-refractivity contribution in [2.45, 2.75) is 25.1 Å². The number of anilines is 1. The van der Waals surface area contributed by atoms with E-state index in [-0.39, 0.29) is 18.2 Å². The number of benzene rings is 2. The molecule has 3 aromatic rings. The molecular weight excluding hydrogens is 417 g/mol. The molecule has 2 aromatic carbocycles. The summed E-state index contributed by atoms with van der Waals surface area (Å²) in [4.78, 5) is 19.2. The van der Waals surface area contributed by atoms with Gasteiger partial charge in [0.05, 0.1) is 35.5 Å². The highest BCUT2D eigenvalue weighted by molar-refractivity contribution is 7.22. The Balaban J connectivity index is 1.72. The van der Waals surface area contributed by atoms with Gasteiger partial charge in [-0.25, -0.2) is 4.98 Å². The van der Waals surface area contributed by atoms with Gasteiger partial charge in [0.15, 0.2) is 5.13 Å². The molecule has 9 heteroatoms. The largest absolute Gasteiger partial charge is 0.497 e. The third-order valence-electron chi connectivity index (χ3n) is 4.91. The monoisotopic (exact) mass is 436 g/mol. The zero-order valence-electron chi connectivity index (χ0n) is 16.1. The highest BCUT2D eigenvalue weighted by Gasteiger charge is 2.32. The number of halogens is 3. The van der Waals surface area contributed by atoms with Crippen molar-refractivity contribution in [2.75, 3.05) is 25.2 Å². The van der Waals surface area contributed by atoms with E-state index in [2.05, 4.69) is 4.98 Å². The van der Waals surface area contributed by atoms with Gasteiger partial charge in [-0.3, -0.25) is 9.69 Å². The average molecular weight is 436 g/mol. The minimum atomic E-state index is -4.53. The van der Waals surface area contributed by atoms with Gasteiger partial charge in [0.25, 0.3) is 5.91 Å². The van der Waals surface area contributed by atoms with Crippen molar-refractivity contribution >= 4 is 32.6 Å². The highest BCUT2D eigenvalue weighted by atomic mass is 32.1. The molecule has 1 fully saturated rings. The molecule has 30 heavy (non-hydrogen) atoms. The number of methoxy groups -OCH3 is 1. The number of amides is 1. The van der Waals surface area contributed by atoms with Crippen molar-refractivity contribution in [3.63, 3.8) is 0 Å². The summed E-state index contributed by atoms with van der Waals surface area (Å²) in [6, 6.07) is 9.85. The smallest absolute Gasteiger partial charge is 0.416 e. The van der Waals surface area contributed by atoms with Crippen molar-refractivity contribution in [2.24, 2.45) is 0 Å². The predicted molar refractivity (Wildman–Crippen MR) is 108 cm³/mol. The molecule has 2 heterocycles. The van der Waals surface area contributed by atoms with Crippen LogP contribution in [0.1, 0.15) is 28.8 Å². The van der Waals surface area contributed by atoms with Gasteiger partial charge >= 0.3 is 6.18 Å². The summed E-state index contributed by atoms with van der Waals surface area (Å²) in [6.07, 6.45) is -3.04. The Morgan fingerprint density at radius 2 is 2.13 bits per heavy atom. The number of thiazole rings is 1. The zero-order valence-corrected chi connectivity index (χ0v) is 16.9. The van der Waals surface area contributed by atoms with Crippen LogP contribution in [-0.4, -0.2) is 37.3 Å². The van der Waals surface area contributed by atoms with Gasteiger partial charge in [0.1, 0.15) is 5.75 Å². The van der Waals surface area contributed by atoms with Gasteiger partial charge in [-0.1, -0.05) is 17.4 Å². The number of carbonyl (C=O) groups excluding carboxylic acids is 1. The van der Waals surface area contributed by atoms with Crippen LogP contribution in [0.25, 0.3) is 10.2 Å². The van der Waals surface area contributed by atoms with Crippen molar-refractivity contribution < 1.29 is 27.4 Å². The van der Waals surface area contributed by atoms with Gasteiger partial charge in [0.2, 0.25) is 0 Å². The lowest BCUT2D eigenvalue weighted by atomic mass is 10.1. The minimum Gasteiger partial charge on any atom is -0.497 e. The Labute approximate surface area is 175 Å². The fourth-order valence-electron chi connectivity index (χ4n) is 3.36. The third-order valence-corrected chi connectivity index (χ3v) is 5.97. The summed E-state index contributed by atoms with van der Waals surface area (Å²) in [7, 11) is 1.55. The molecule has 0 spiro atoms. The van der Waals surface area contributed by atoms with Gasteiger partial charge in [-0.2, -0.15) is 13.2 Å². The lowest BCUT2D eigenvalue weighted by molar-refractivity contribution is -0.137. The normalized spacial score (nSPS) is 16.7. The Morgan fingerprint density at radius 1 is 1.30 bits per heavy atom. The molecule has 1 unspecified atom stereocenters. The van der Waals surface area contributed by atoms with Crippen LogP contribution in [0.4, 0.5) is 18.3 Å². The molecule has 0 saturated carbocycles. The summed E-state index contributed by atoms with van der Waals surface area (Å²) >= 11 is 1.30. The second-order valence-corrected chi connectivity index (χ2v) is 7.97. The first-order chi connectivity index (χ1) is 14.3. The number of nitrogens with zero attached hydrogens (tertiary/aromatic N) is 2. The van der Waals surface area contributed by atoms with Crippen molar-refractivity contribution in [1.82, 2.24) is 4.98 Å². The Hall–Kier alpha value is -2.65. The van der Waals surface area contributed by atoms with E-state index in [4.69, 9.17) is 9.47 Å². The van der Waals surface area contributed by atoms with Gasteiger partial charge in [-0.15, -0.1) is 0 Å². The number of hydrogen-bond donors (Lipinski definition) is 0. The first kappa shape index (κ1) is 20.6. The van der Waals surface area contributed by atoms with E-state index in [1.165, 1.54) is 28.4 Å². The molecule has 4 rings (SSSR count). The van der Waals surface area contributed by atoms with Crippen LogP contribution in [0, 0.1) is 0 Å². The molecule has 1 saturated heterocycles. The van der Waals surface area contributed by atoms with E-state index in [0.717, 1.165) is 29.7 Å². The number of hydrogen-bond acceptors (Lipinski definition) is 5. The van der Waals surface area contributed by atoms with Crippen molar-refractivity contribution in [1.29, 1.82) is 0 Å². The summed E-state index contributed by atoms with van der Waals surface area (Å²) in [5.74, 6) is 0.0943. The maximum absolute atomic E-state index is 13.3. The van der Waals surface area contributed by atoms with Crippen LogP contribution in [0.3, 0.4) is 0 Å². The number of alkyl halides is 3. The van der Waals surface area contributed by atoms with Crippen molar-refractivity contribution in [3.8, 4) is 5.75 Å². The van der Waals surface area contributed by atoms with Gasteiger partial charge in [-0.05, 0) is 43.2 Å². The maximum atomic E-state index is 13.3. The Morgan fingerprint density at radius 3 is 2.83 bits per heavy atom. The molecule has 158 valence electrons. The zero-order chi connectivity index (χ0) is 21.3. The van der Waals surface area contributed by atoms with E-state index in [1.54, 1.807) is 19.2 Å². The predicted octanol–water partition coefficient (Wildman–Crippen LogP) is 5.15. The molecule has 0 bridgehead atoms. The molecule has 0 radical (unpaired) electrons. The molecule has 5 nitrogen and oxygen atoms in total. The summed E-state index contributed by atoms with van der Waals surface area (Å²) in [5.41, 5.74) is -0.248. The summed E-state index contributed by atoms with van der Waals surface area (Å²) < 4.78 is 51.1. The van der Waals surface area contributed by atoms with Gasteiger partial charge in [0, 0.05) is 18.2 Å². The molecule has 1 aliphatic rings. The molecule has 1 amide bonds. The highest BCUT2D eigenvalue weighted by Crippen LogP contribution is 2.34. The quantitative estimate of drug-likeness (QED) is 0.555. The summed E-state index contributed by atoms with van der Waals surface area (Å²) in [6.45, 7) is 0.833. The van der Waals surface area contributed by atoms with Crippen LogP contribution in [0.2, 0.25) is 0 Å². The van der Waals surface area contributed by atoms with Crippen LogP contribution in [0.15, 0.2) is 42.5 Å². The number of carbonyl (C=O) groups is 1. The van der Waals surface area contributed by atoms with Gasteiger partial charge < -0.3 is 9.47 Å². The third kappa shape index (κ3) is 4.27. The number of rotatable bonds is 5. The fourth-order valence-corrected chi connectivity index (χ4v) is 4.32. The number of fused-ring (bicyclic) bond motifs is 1. The Kier molecular flexibility index (Phi) is 5.66. The van der Waals surface area contributed by atoms with E-state index in [1.807, 2.05) is 6.07 Å². The second-order valence-electron chi connectivity index (χ2n) is 6.96. The van der Waals surface area contributed by atoms with E-state index < -0.39 is 17.6 Å². The first-order valence-electron chi connectivity index (χ1n) is 9.40. The molecule has 1 atom stereocenters. The SMILES string of the molecule is COc1ccc2sc(N(CC3CCCO3)C(=O)c3cccc(C(F)(F)F)c3)nc2c1. The van der Waals surface area contributed by atoms with E-state index >= 15 is 0 Å². The minimum absolute atomic E-state index is 0.0420. The topological polar surface area (TPSA) is 51.7 Å². The molecular formula is C21H19F3N2O3S. The fraction of sp³-hybridized carbons (Fsp3) is 0.333. The van der Waals surface area contributed by atoms with Crippen LogP contribution >= 0.6 is 11.3 Å². The van der Waals surface area contributed by atoms with Crippen LogP contribution in [0.5, 0.6) is 5.75 Å². The molecule has 0 aliphatic carbocycles. The lowest BCUT2D eigenvalue weighted by Gasteiger charge is -2.23. The van der Waals surface area contributed by atoms with Crippen LogP contribution < -0.4 is 9.64 Å². The maximum Gasteiger partial charge on any atom is 0.416 e. The standard InChI is InChI=1S/C21H19F3N2O3S/c1-28-15-7-8-18-17(11-15)25-20(30-18)26(12-16-6-3-9-29-16)19(27)13-4-2-5-14(10-13)21(22,23)24/h2,4-5,7-8,10-11,16H,3,6,9,12H2,1H3. The molecule has 1 aromatic heterocycles. The van der Waals surface area contributed by atoms with Crippen molar-refractivity contribution in [3.05, 3.63) is 53.6 Å². The first-order valence-corrected chi connectivity index (χ1v) is 10.2. The number of aromatic nitrogens is 1. The lowest BCUT2D eigenvalue weighted by Crippen LogP contribution is -2.37. The second kappa shape index (κ2) is 8.23. The molecule has 1 aliphatic heterocycles. The number of ether oxygens (including phenoxy) is 2. The van der Waals surface area contributed by atoms with Crippen LogP contribution in [-0.2, 0) is 10.9 Å².